The Bertz CT molecular complexity index is 323. The highest BCUT2D eigenvalue weighted by atomic mass is 35.5. The molecule has 1 aromatic carbocycles. The van der Waals surface area contributed by atoms with Crippen molar-refractivity contribution in [2.24, 2.45) is 5.73 Å². The van der Waals surface area contributed by atoms with Crippen molar-refractivity contribution in [1.82, 2.24) is 0 Å². The van der Waals surface area contributed by atoms with Gasteiger partial charge in [0.05, 0.1) is 6.61 Å². The van der Waals surface area contributed by atoms with E-state index < -0.39 is 0 Å². The normalized spacial score (nSPS) is 11.1. The number of hydrogen-bond donors (Lipinski definition) is 2. The van der Waals surface area contributed by atoms with Crippen LogP contribution in [0.1, 0.15) is 17.5 Å². The molecule has 0 fully saturated rings. The molecule has 3 N–H and O–H groups in total. The number of halogens is 1. The maximum absolute atomic E-state index is 9.08. The summed E-state index contributed by atoms with van der Waals surface area (Å²) in [5.41, 5.74) is 7.20. The van der Waals surface area contributed by atoms with Crippen LogP contribution >= 0.6 is 11.6 Å². The maximum Gasteiger partial charge on any atom is 0.0688 e. The van der Waals surface area contributed by atoms with E-state index in [1.807, 2.05) is 24.3 Å². The summed E-state index contributed by atoms with van der Waals surface area (Å²) in [7, 11) is 0. The highest BCUT2D eigenvalue weighted by molar-refractivity contribution is 6.30. The van der Waals surface area contributed by atoms with Crippen LogP contribution in [0.25, 0.3) is 6.08 Å². The van der Waals surface area contributed by atoms with Gasteiger partial charge in [-0.2, -0.15) is 0 Å². The topological polar surface area (TPSA) is 46.2 Å². The van der Waals surface area contributed by atoms with Crippen LogP contribution in [-0.2, 0) is 6.61 Å². The Labute approximate surface area is 89.0 Å². The van der Waals surface area contributed by atoms with Crippen molar-refractivity contribution >= 4 is 17.7 Å². The molecule has 1 rings (SSSR count). The van der Waals surface area contributed by atoms with E-state index in [1.54, 1.807) is 6.07 Å². The van der Waals surface area contributed by atoms with E-state index in [-0.39, 0.29) is 6.61 Å². The van der Waals surface area contributed by atoms with E-state index in [0.717, 1.165) is 17.5 Å². The lowest BCUT2D eigenvalue weighted by Crippen LogP contribution is -1.95. The second-order valence-corrected chi connectivity index (χ2v) is 3.42. The second-order valence-electron chi connectivity index (χ2n) is 2.98. The Morgan fingerprint density at radius 1 is 1.43 bits per heavy atom. The number of benzene rings is 1. The summed E-state index contributed by atoms with van der Waals surface area (Å²) in [6, 6.07) is 5.47. The molecule has 0 radical (unpaired) electrons. The first kappa shape index (κ1) is 11.2. The molecule has 76 valence electrons. The van der Waals surface area contributed by atoms with Crippen LogP contribution in [0.5, 0.6) is 0 Å². The van der Waals surface area contributed by atoms with Crippen molar-refractivity contribution in [1.29, 1.82) is 0 Å². The van der Waals surface area contributed by atoms with Gasteiger partial charge in [-0.15, -0.1) is 0 Å². The summed E-state index contributed by atoms with van der Waals surface area (Å²) in [5, 5.41) is 9.73. The van der Waals surface area contributed by atoms with Gasteiger partial charge >= 0.3 is 0 Å². The third-order valence-corrected chi connectivity index (χ3v) is 2.14. The highest BCUT2D eigenvalue weighted by Crippen LogP contribution is 2.17. The molecule has 3 heteroatoms. The van der Waals surface area contributed by atoms with Crippen molar-refractivity contribution < 1.29 is 5.11 Å². The van der Waals surface area contributed by atoms with Gasteiger partial charge in [0.15, 0.2) is 0 Å². The molecule has 14 heavy (non-hydrogen) atoms. The van der Waals surface area contributed by atoms with E-state index >= 15 is 0 Å². The fraction of sp³-hybridized carbons (Fsp3) is 0.273. The van der Waals surface area contributed by atoms with Gasteiger partial charge in [0, 0.05) is 5.02 Å². The van der Waals surface area contributed by atoms with Crippen LogP contribution in [-0.4, -0.2) is 11.7 Å². The third-order valence-electron chi connectivity index (χ3n) is 1.91. The molecule has 0 saturated heterocycles. The van der Waals surface area contributed by atoms with Crippen LogP contribution < -0.4 is 5.73 Å². The lowest BCUT2D eigenvalue weighted by Gasteiger charge is -2.02. The number of aliphatic hydroxyl groups is 1. The second kappa shape index (κ2) is 5.81. The largest absolute Gasteiger partial charge is 0.392 e. The Morgan fingerprint density at radius 2 is 2.21 bits per heavy atom. The molecule has 0 amide bonds. The third kappa shape index (κ3) is 3.14. The number of nitrogens with two attached hydrogens (primary N) is 1. The summed E-state index contributed by atoms with van der Waals surface area (Å²) in [4.78, 5) is 0. The van der Waals surface area contributed by atoms with Crippen molar-refractivity contribution in [2.45, 2.75) is 13.0 Å². The van der Waals surface area contributed by atoms with E-state index in [1.165, 1.54) is 0 Å². The van der Waals surface area contributed by atoms with Gasteiger partial charge in [0.2, 0.25) is 0 Å². The fourth-order valence-electron chi connectivity index (χ4n) is 1.18. The maximum atomic E-state index is 9.08. The minimum atomic E-state index is 0.00284. The van der Waals surface area contributed by atoms with Crippen LogP contribution in [0.3, 0.4) is 0 Å². The van der Waals surface area contributed by atoms with Gasteiger partial charge < -0.3 is 10.8 Å². The monoisotopic (exact) mass is 211 g/mol. The van der Waals surface area contributed by atoms with Gasteiger partial charge in [-0.1, -0.05) is 29.8 Å². The summed E-state index contributed by atoms with van der Waals surface area (Å²) >= 11 is 5.80. The molecule has 0 atom stereocenters. The smallest absolute Gasteiger partial charge is 0.0688 e. The van der Waals surface area contributed by atoms with Crippen molar-refractivity contribution in [3.05, 3.63) is 40.4 Å². The molecule has 0 aromatic heterocycles. The zero-order chi connectivity index (χ0) is 10.4. The number of rotatable bonds is 4. The Kier molecular flexibility index (Phi) is 4.66. The minimum absolute atomic E-state index is 0.00284. The van der Waals surface area contributed by atoms with E-state index in [0.29, 0.717) is 11.6 Å². The zero-order valence-corrected chi connectivity index (χ0v) is 8.67. The van der Waals surface area contributed by atoms with Crippen LogP contribution in [0, 0.1) is 0 Å². The molecular weight excluding hydrogens is 198 g/mol. The summed E-state index contributed by atoms with van der Waals surface area (Å²) in [5.74, 6) is 0. The lowest BCUT2D eigenvalue weighted by atomic mass is 10.1. The average molecular weight is 212 g/mol. The fourth-order valence-corrected chi connectivity index (χ4v) is 1.38. The summed E-state index contributed by atoms with van der Waals surface area (Å²) in [6.07, 6.45) is 4.78. The Hall–Kier alpha value is -0.830. The molecule has 0 aliphatic rings. The first-order valence-corrected chi connectivity index (χ1v) is 4.91. The van der Waals surface area contributed by atoms with E-state index in [2.05, 4.69) is 0 Å². The van der Waals surface area contributed by atoms with Crippen LogP contribution in [0.4, 0.5) is 0 Å². The SMILES string of the molecule is NCCC=Cc1ccc(Cl)cc1CO. The first-order chi connectivity index (χ1) is 6.77. The molecule has 0 aliphatic carbocycles. The van der Waals surface area contributed by atoms with Gasteiger partial charge in [0.1, 0.15) is 0 Å². The molecule has 0 saturated carbocycles. The van der Waals surface area contributed by atoms with Crippen LogP contribution in [0.15, 0.2) is 24.3 Å². The van der Waals surface area contributed by atoms with Crippen molar-refractivity contribution in [2.75, 3.05) is 6.54 Å². The first-order valence-electron chi connectivity index (χ1n) is 4.54. The molecule has 0 aliphatic heterocycles. The molecule has 0 spiro atoms. The van der Waals surface area contributed by atoms with E-state index in [9.17, 15) is 0 Å². The Balaban J connectivity index is 2.85. The van der Waals surface area contributed by atoms with Gasteiger partial charge in [0.25, 0.3) is 0 Å². The van der Waals surface area contributed by atoms with Gasteiger partial charge in [-0.3, -0.25) is 0 Å². The molecular formula is C11H14ClNO. The molecule has 1 aromatic rings. The summed E-state index contributed by atoms with van der Waals surface area (Å²) in [6.45, 7) is 0.640. The van der Waals surface area contributed by atoms with Gasteiger partial charge in [-0.25, -0.2) is 0 Å². The predicted octanol–water partition coefficient (Wildman–Crippen LogP) is 2.19. The van der Waals surface area contributed by atoms with Gasteiger partial charge in [-0.05, 0) is 36.2 Å². The van der Waals surface area contributed by atoms with Crippen molar-refractivity contribution in [3.8, 4) is 0 Å². The predicted molar refractivity (Wildman–Crippen MR) is 60.1 cm³/mol. The minimum Gasteiger partial charge on any atom is -0.392 e. The Morgan fingerprint density at radius 3 is 2.86 bits per heavy atom. The molecule has 0 unspecified atom stereocenters. The average Bonchev–Trinajstić information content (AvgIpc) is 2.20. The standard InChI is InChI=1S/C11H14ClNO/c12-11-5-4-9(3-1-2-6-13)10(7-11)8-14/h1,3-5,7,14H,2,6,8,13H2. The number of aliphatic hydroxyl groups excluding tert-OH is 1. The molecule has 0 heterocycles. The van der Waals surface area contributed by atoms with Crippen molar-refractivity contribution in [3.63, 3.8) is 0 Å². The quantitative estimate of drug-likeness (QED) is 0.802. The van der Waals surface area contributed by atoms with Crippen LogP contribution in [0.2, 0.25) is 5.02 Å². The number of hydrogen-bond acceptors (Lipinski definition) is 2. The highest BCUT2D eigenvalue weighted by Gasteiger charge is 1.98. The molecule has 2 nitrogen and oxygen atoms in total. The lowest BCUT2D eigenvalue weighted by molar-refractivity contribution is 0.281. The zero-order valence-electron chi connectivity index (χ0n) is 7.91. The summed E-state index contributed by atoms with van der Waals surface area (Å²) < 4.78 is 0. The van der Waals surface area contributed by atoms with E-state index in [4.69, 9.17) is 22.4 Å². The molecule has 0 bridgehead atoms.